The molecule has 0 aromatic heterocycles. The van der Waals surface area contributed by atoms with Crippen molar-refractivity contribution in [3.05, 3.63) is 11.3 Å². The van der Waals surface area contributed by atoms with Crippen LogP contribution in [0.15, 0.2) is 11.3 Å². The standard InChI is InChI=1S/C12H16N2O6S/c1-6(15)19-5-20-12(17)9-7(3-18-2)4-21-11-8(13)10(16)14(9)11/h8,11H,3-5,13H2,1-2H3/t8?,11-/m0/s1. The average Bonchev–Trinajstić information content (AvgIpc) is 2.45. The number of methoxy groups -OCH3 is 1. The summed E-state index contributed by atoms with van der Waals surface area (Å²) in [4.78, 5) is 36.0. The zero-order valence-electron chi connectivity index (χ0n) is 11.7. The maximum atomic E-state index is 12.1. The number of fused-ring (bicyclic) bond motifs is 1. The first-order valence-corrected chi connectivity index (χ1v) is 7.24. The largest absolute Gasteiger partial charge is 0.428 e. The van der Waals surface area contributed by atoms with E-state index >= 15 is 0 Å². The monoisotopic (exact) mass is 316 g/mol. The van der Waals surface area contributed by atoms with Crippen molar-refractivity contribution in [1.29, 1.82) is 0 Å². The fourth-order valence-corrected chi connectivity index (χ4v) is 3.36. The van der Waals surface area contributed by atoms with Gasteiger partial charge >= 0.3 is 11.9 Å². The number of ether oxygens (including phenoxy) is 3. The summed E-state index contributed by atoms with van der Waals surface area (Å²) >= 11 is 1.47. The van der Waals surface area contributed by atoms with Gasteiger partial charge < -0.3 is 19.9 Å². The Morgan fingerprint density at radius 1 is 1.43 bits per heavy atom. The second kappa shape index (κ2) is 6.46. The molecule has 0 aromatic rings. The van der Waals surface area contributed by atoms with Crippen molar-refractivity contribution in [2.24, 2.45) is 5.73 Å². The van der Waals surface area contributed by atoms with Crippen LogP contribution >= 0.6 is 11.8 Å². The highest BCUT2D eigenvalue weighted by Gasteiger charge is 2.52. The number of rotatable bonds is 5. The molecule has 1 amide bonds. The van der Waals surface area contributed by atoms with Gasteiger partial charge in [0.1, 0.15) is 17.1 Å². The third-order valence-corrected chi connectivity index (χ3v) is 4.41. The molecule has 1 unspecified atom stereocenters. The molecule has 2 rings (SSSR count). The number of carbonyl (C=O) groups is 3. The smallest absolute Gasteiger partial charge is 0.358 e. The van der Waals surface area contributed by atoms with E-state index in [1.54, 1.807) is 0 Å². The third-order valence-electron chi connectivity index (χ3n) is 3.05. The van der Waals surface area contributed by atoms with Gasteiger partial charge in [0, 0.05) is 19.8 Å². The van der Waals surface area contributed by atoms with E-state index in [1.807, 2.05) is 0 Å². The Kier molecular flexibility index (Phi) is 4.86. The third kappa shape index (κ3) is 3.04. The van der Waals surface area contributed by atoms with Crippen LogP contribution in [0.2, 0.25) is 0 Å². The number of amides is 1. The van der Waals surface area contributed by atoms with Gasteiger partial charge in [-0.2, -0.15) is 0 Å². The van der Waals surface area contributed by atoms with Crippen LogP contribution in [-0.2, 0) is 28.6 Å². The first-order valence-electron chi connectivity index (χ1n) is 6.19. The lowest BCUT2D eigenvalue weighted by Gasteiger charge is -2.48. The zero-order chi connectivity index (χ0) is 15.6. The van der Waals surface area contributed by atoms with E-state index in [0.717, 1.165) is 0 Å². The van der Waals surface area contributed by atoms with Crippen molar-refractivity contribution in [3.8, 4) is 0 Å². The molecule has 2 N–H and O–H groups in total. The second-order valence-corrected chi connectivity index (χ2v) is 5.61. The molecule has 0 bridgehead atoms. The molecule has 1 fully saturated rings. The summed E-state index contributed by atoms with van der Waals surface area (Å²) in [5, 5.41) is -0.269. The molecule has 1 saturated heterocycles. The topological polar surface area (TPSA) is 108 Å². The van der Waals surface area contributed by atoms with Crippen LogP contribution in [0.1, 0.15) is 6.92 Å². The van der Waals surface area contributed by atoms with Gasteiger partial charge in [0.25, 0.3) is 0 Å². The molecule has 116 valence electrons. The van der Waals surface area contributed by atoms with Crippen molar-refractivity contribution in [3.63, 3.8) is 0 Å². The van der Waals surface area contributed by atoms with E-state index in [4.69, 9.17) is 15.2 Å². The minimum Gasteiger partial charge on any atom is -0.428 e. The Balaban J connectivity index is 2.15. The van der Waals surface area contributed by atoms with Gasteiger partial charge in [-0.05, 0) is 5.57 Å². The molecule has 2 heterocycles. The Labute approximate surface area is 125 Å². The normalized spacial score (nSPS) is 24.3. The highest BCUT2D eigenvalue weighted by Crippen LogP contribution is 2.39. The summed E-state index contributed by atoms with van der Waals surface area (Å²) in [5.41, 5.74) is 6.49. The highest BCUT2D eigenvalue weighted by molar-refractivity contribution is 8.00. The molecule has 0 aromatic carbocycles. The number of nitrogens with zero attached hydrogens (tertiary/aromatic N) is 1. The molecule has 0 aliphatic carbocycles. The second-order valence-electron chi connectivity index (χ2n) is 4.51. The Morgan fingerprint density at radius 3 is 2.76 bits per heavy atom. The molecule has 0 saturated carbocycles. The molecule has 2 aliphatic heterocycles. The number of β-lactam (4-membered cyclic amide) rings is 1. The molecule has 9 heteroatoms. The van der Waals surface area contributed by atoms with Crippen molar-refractivity contribution < 1.29 is 28.6 Å². The number of thioether (sulfide) groups is 1. The van der Waals surface area contributed by atoms with Crippen molar-refractivity contribution in [2.45, 2.75) is 18.3 Å². The molecule has 0 spiro atoms. The number of hydrogen-bond acceptors (Lipinski definition) is 8. The molecule has 8 nitrogen and oxygen atoms in total. The zero-order valence-corrected chi connectivity index (χ0v) is 12.5. The van der Waals surface area contributed by atoms with E-state index in [-0.39, 0.29) is 23.6 Å². The number of carbonyl (C=O) groups excluding carboxylic acids is 3. The van der Waals surface area contributed by atoms with E-state index in [2.05, 4.69) is 4.74 Å². The number of nitrogens with two attached hydrogens (primary N) is 1. The fraction of sp³-hybridized carbons (Fsp3) is 0.583. The van der Waals surface area contributed by atoms with Crippen LogP contribution in [0.5, 0.6) is 0 Å². The van der Waals surface area contributed by atoms with E-state index in [0.29, 0.717) is 11.3 Å². The summed E-state index contributed by atoms with van der Waals surface area (Å²) in [7, 11) is 1.50. The minimum absolute atomic E-state index is 0.138. The fourth-order valence-electron chi connectivity index (χ4n) is 2.09. The van der Waals surface area contributed by atoms with Crippen LogP contribution in [0.4, 0.5) is 0 Å². The average molecular weight is 316 g/mol. The summed E-state index contributed by atoms with van der Waals surface area (Å²) in [6.07, 6.45) is 0. The molecule has 21 heavy (non-hydrogen) atoms. The lowest BCUT2D eigenvalue weighted by molar-refractivity contribution is -0.166. The quantitative estimate of drug-likeness (QED) is 0.399. The minimum atomic E-state index is -0.728. The maximum absolute atomic E-state index is 12.1. The van der Waals surface area contributed by atoms with Crippen LogP contribution < -0.4 is 5.73 Å². The van der Waals surface area contributed by atoms with Gasteiger partial charge in [0.2, 0.25) is 12.7 Å². The van der Waals surface area contributed by atoms with E-state index in [9.17, 15) is 14.4 Å². The van der Waals surface area contributed by atoms with E-state index in [1.165, 1.54) is 30.7 Å². The Hall–Kier alpha value is -1.58. The van der Waals surface area contributed by atoms with Crippen LogP contribution in [-0.4, -0.2) is 60.4 Å². The van der Waals surface area contributed by atoms with Crippen molar-refractivity contribution in [1.82, 2.24) is 4.90 Å². The van der Waals surface area contributed by atoms with Crippen molar-refractivity contribution >= 4 is 29.6 Å². The predicted molar refractivity (Wildman–Crippen MR) is 72.7 cm³/mol. The molecule has 0 radical (unpaired) electrons. The van der Waals surface area contributed by atoms with E-state index < -0.39 is 24.8 Å². The van der Waals surface area contributed by atoms with Gasteiger partial charge in [0.15, 0.2) is 0 Å². The van der Waals surface area contributed by atoms with Gasteiger partial charge in [-0.15, -0.1) is 11.8 Å². The van der Waals surface area contributed by atoms with Crippen LogP contribution in [0.25, 0.3) is 0 Å². The summed E-state index contributed by atoms with van der Waals surface area (Å²) in [6.45, 7) is 0.912. The molecular formula is C12H16N2O6S. The van der Waals surface area contributed by atoms with Gasteiger partial charge in [-0.1, -0.05) is 0 Å². The summed E-state index contributed by atoms with van der Waals surface area (Å²) in [5.74, 6) is -1.10. The lowest BCUT2D eigenvalue weighted by atomic mass is 10.0. The number of hydrogen-bond donors (Lipinski definition) is 1. The van der Waals surface area contributed by atoms with Gasteiger partial charge in [-0.3, -0.25) is 14.5 Å². The highest BCUT2D eigenvalue weighted by atomic mass is 32.2. The SMILES string of the molecule is COCC1=C(C(=O)OCOC(C)=O)N2C(=O)C(N)[C@@H]2SC1. The molecule has 2 aliphatic rings. The summed E-state index contributed by atoms with van der Waals surface area (Å²) in [6, 6.07) is -0.615. The van der Waals surface area contributed by atoms with Crippen molar-refractivity contribution in [2.75, 3.05) is 26.3 Å². The molecule has 2 atom stereocenters. The predicted octanol–water partition coefficient (Wildman–Crippen LogP) is -0.807. The lowest BCUT2D eigenvalue weighted by Crippen LogP contribution is -2.68. The van der Waals surface area contributed by atoms with Gasteiger partial charge in [-0.25, -0.2) is 4.79 Å². The van der Waals surface area contributed by atoms with Gasteiger partial charge in [0.05, 0.1) is 6.61 Å². The number of esters is 2. The first-order chi connectivity index (χ1) is 9.97. The molecular weight excluding hydrogens is 300 g/mol. The summed E-state index contributed by atoms with van der Waals surface area (Å²) < 4.78 is 14.5. The Morgan fingerprint density at radius 2 is 2.14 bits per heavy atom. The first kappa shape index (κ1) is 15.8. The Bertz CT molecular complexity index is 506. The van der Waals surface area contributed by atoms with Crippen LogP contribution in [0.3, 0.4) is 0 Å². The van der Waals surface area contributed by atoms with Crippen LogP contribution in [0, 0.1) is 0 Å². The maximum Gasteiger partial charge on any atom is 0.358 e.